The van der Waals surface area contributed by atoms with Crippen molar-refractivity contribution >= 4 is 28.7 Å². The molecule has 3 aromatic rings. The molecular weight excluding hydrogens is 378 g/mol. The molecule has 0 unspecified atom stereocenters. The van der Waals surface area contributed by atoms with E-state index in [9.17, 15) is 4.79 Å². The predicted octanol–water partition coefficient (Wildman–Crippen LogP) is 6.50. The van der Waals surface area contributed by atoms with Crippen LogP contribution >= 0.6 is 11.6 Å². The third-order valence-corrected chi connectivity index (χ3v) is 4.22. The molecule has 0 aliphatic heterocycles. The third-order valence-electron chi connectivity index (χ3n) is 3.92. The number of fused-ring (bicyclic) bond motifs is 1. The van der Waals surface area contributed by atoms with Gasteiger partial charge in [-0.3, -0.25) is 0 Å². The van der Waals surface area contributed by atoms with Gasteiger partial charge in [0.05, 0.1) is 11.6 Å². The minimum atomic E-state index is -0.644. The molecule has 0 bridgehead atoms. The fourth-order valence-electron chi connectivity index (χ4n) is 2.75. The Morgan fingerprint density at radius 2 is 1.86 bits per heavy atom. The Morgan fingerprint density at radius 1 is 1.11 bits per heavy atom. The number of para-hydroxylation sites is 1. The molecule has 0 spiro atoms. The fourth-order valence-corrected chi connectivity index (χ4v) is 2.95. The van der Waals surface area contributed by atoms with Crippen LogP contribution in [0.1, 0.15) is 32.9 Å². The number of ether oxygens (including phenoxy) is 3. The first-order valence-corrected chi connectivity index (χ1v) is 9.58. The maximum Gasteiger partial charge on any atom is 0.508 e. The summed E-state index contributed by atoms with van der Waals surface area (Å²) < 4.78 is 16.2. The van der Waals surface area contributed by atoms with E-state index in [-0.39, 0.29) is 0 Å². The number of H-pyrrole nitrogens is 1. The zero-order valence-electron chi connectivity index (χ0n) is 16.3. The number of carbonyl (C=O) groups excluding carboxylic acids is 1. The van der Waals surface area contributed by atoms with Crippen LogP contribution in [0, 0.1) is 0 Å². The third kappa shape index (κ3) is 5.42. The van der Waals surface area contributed by atoms with Crippen LogP contribution in [0.25, 0.3) is 10.9 Å². The molecule has 2 aromatic carbocycles. The van der Waals surface area contributed by atoms with E-state index in [0.29, 0.717) is 23.8 Å². The first-order chi connectivity index (χ1) is 13.3. The standard InChI is InChI=1S/C22H24ClNO4/c1-22(2,3)28-21(25)26-13-7-8-15-14-17-19(24-15)12-11-18(23)20(17)27-16-9-5-4-6-10-16/h4-6,9-12,14,24H,7-8,13H2,1-3H3. The normalized spacial score (nSPS) is 11.4. The molecule has 0 atom stereocenters. The number of halogens is 1. The molecule has 5 nitrogen and oxygen atoms in total. The second-order valence-corrected chi connectivity index (χ2v) is 7.87. The van der Waals surface area contributed by atoms with Crippen LogP contribution in [0.5, 0.6) is 11.5 Å². The van der Waals surface area contributed by atoms with Crippen molar-refractivity contribution in [2.75, 3.05) is 6.61 Å². The van der Waals surface area contributed by atoms with Crippen molar-refractivity contribution in [3.05, 3.63) is 59.2 Å². The molecule has 0 fully saturated rings. The number of nitrogens with one attached hydrogen (secondary N) is 1. The second kappa shape index (κ2) is 8.57. The maximum absolute atomic E-state index is 11.6. The number of rotatable bonds is 6. The Bertz CT molecular complexity index is 944. The van der Waals surface area contributed by atoms with Gasteiger partial charge in [0.2, 0.25) is 0 Å². The summed E-state index contributed by atoms with van der Waals surface area (Å²) in [4.78, 5) is 14.9. The van der Waals surface area contributed by atoms with Crippen LogP contribution < -0.4 is 4.74 Å². The predicted molar refractivity (Wildman–Crippen MR) is 110 cm³/mol. The van der Waals surface area contributed by atoms with Gasteiger partial charge in [-0.15, -0.1) is 0 Å². The lowest BCUT2D eigenvalue weighted by molar-refractivity contribution is -0.00747. The highest BCUT2D eigenvalue weighted by Gasteiger charge is 2.17. The highest BCUT2D eigenvalue weighted by atomic mass is 35.5. The number of benzene rings is 2. The number of carbonyl (C=O) groups is 1. The van der Waals surface area contributed by atoms with Crippen LogP contribution in [-0.4, -0.2) is 23.3 Å². The first kappa shape index (κ1) is 20.1. The number of aromatic nitrogens is 1. The van der Waals surface area contributed by atoms with Gasteiger partial charge in [-0.1, -0.05) is 29.8 Å². The largest absolute Gasteiger partial charge is 0.508 e. The summed E-state index contributed by atoms with van der Waals surface area (Å²) in [6.45, 7) is 5.70. The summed E-state index contributed by atoms with van der Waals surface area (Å²) >= 11 is 6.37. The Balaban J connectivity index is 1.64. The molecule has 0 aliphatic rings. The molecule has 1 N–H and O–H groups in total. The molecule has 0 saturated carbocycles. The van der Waals surface area contributed by atoms with Gasteiger partial charge in [0, 0.05) is 16.6 Å². The van der Waals surface area contributed by atoms with Crippen molar-refractivity contribution in [2.45, 2.75) is 39.2 Å². The molecule has 1 aromatic heterocycles. The quantitative estimate of drug-likeness (QED) is 0.378. The highest BCUT2D eigenvalue weighted by molar-refractivity contribution is 6.33. The minimum Gasteiger partial charge on any atom is -0.455 e. The van der Waals surface area contributed by atoms with E-state index >= 15 is 0 Å². The summed E-state index contributed by atoms with van der Waals surface area (Å²) in [7, 11) is 0. The lowest BCUT2D eigenvalue weighted by atomic mass is 10.2. The van der Waals surface area contributed by atoms with Crippen LogP contribution in [0.4, 0.5) is 4.79 Å². The van der Waals surface area contributed by atoms with Gasteiger partial charge in [0.25, 0.3) is 0 Å². The first-order valence-electron chi connectivity index (χ1n) is 9.20. The Kier molecular flexibility index (Phi) is 6.15. The Labute approximate surface area is 169 Å². The molecular formula is C22H24ClNO4. The van der Waals surface area contributed by atoms with Gasteiger partial charge in [-0.2, -0.15) is 0 Å². The minimum absolute atomic E-state index is 0.290. The van der Waals surface area contributed by atoms with Crippen molar-refractivity contribution in [3.8, 4) is 11.5 Å². The van der Waals surface area contributed by atoms with E-state index < -0.39 is 11.8 Å². The molecule has 28 heavy (non-hydrogen) atoms. The summed E-state index contributed by atoms with van der Waals surface area (Å²) in [5, 5.41) is 1.47. The van der Waals surface area contributed by atoms with Crippen LogP contribution in [0.3, 0.4) is 0 Å². The highest BCUT2D eigenvalue weighted by Crippen LogP contribution is 2.37. The topological polar surface area (TPSA) is 60.6 Å². The van der Waals surface area contributed by atoms with E-state index in [4.69, 9.17) is 25.8 Å². The summed E-state index contributed by atoms with van der Waals surface area (Å²) in [6.07, 6.45) is 0.753. The van der Waals surface area contributed by atoms with Crippen LogP contribution in [-0.2, 0) is 15.9 Å². The van der Waals surface area contributed by atoms with Crippen molar-refractivity contribution in [1.82, 2.24) is 4.98 Å². The van der Waals surface area contributed by atoms with Gasteiger partial charge in [-0.25, -0.2) is 4.79 Å². The van der Waals surface area contributed by atoms with Crippen molar-refractivity contribution in [1.29, 1.82) is 0 Å². The smallest absolute Gasteiger partial charge is 0.455 e. The molecule has 6 heteroatoms. The zero-order chi connectivity index (χ0) is 20.1. The summed E-state index contributed by atoms with van der Waals surface area (Å²) in [6, 6.07) is 15.3. The SMILES string of the molecule is CC(C)(C)OC(=O)OCCCc1cc2c(Oc3ccccc3)c(Cl)ccc2[nH]1. The molecule has 1 heterocycles. The zero-order valence-corrected chi connectivity index (χ0v) is 17.0. The monoisotopic (exact) mass is 401 g/mol. The van der Waals surface area contributed by atoms with Crippen molar-refractivity contribution in [3.63, 3.8) is 0 Å². The van der Waals surface area contributed by atoms with Crippen LogP contribution in [0.15, 0.2) is 48.5 Å². The second-order valence-electron chi connectivity index (χ2n) is 7.46. The van der Waals surface area contributed by atoms with E-state index in [0.717, 1.165) is 28.8 Å². The molecule has 0 saturated heterocycles. The Hall–Kier alpha value is -2.66. The summed E-state index contributed by atoms with van der Waals surface area (Å²) in [5.41, 5.74) is 1.41. The number of hydrogen-bond donors (Lipinski definition) is 1. The fraction of sp³-hybridized carbons (Fsp3) is 0.318. The van der Waals surface area contributed by atoms with Crippen LogP contribution in [0.2, 0.25) is 5.02 Å². The van der Waals surface area contributed by atoms with Crippen molar-refractivity contribution in [2.24, 2.45) is 0 Å². The lowest BCUT2D eigenvalue weighted by Gasteiger charge is -2.18. The lowest BCUT2D eigenvalue weighted by Crippen LogP contribution is -2.24. The maximum atomic E-state index is 11.6. The van der Waals surface area contributed by atoms with Gasteiger partial charge < -0.3 is 19.2 Å². The van der Waals surface area contributed by atoms with Gasteiger partial charge in [0.1, 0.15) is 11.4 Å². The van der Waals surface area contributed by atoms with E-state index in [1.54, 1.807) is 20.8 Å². The van der Waals surface area contributed by atoms with E-state index in [2.05, 4.69) is 4.98 Å². The summed E-state index contributed by atoms with van der Waals surface area (Å²) in [5.74, 6) is 1.35. The molecule has 148 valence electrons. The molecule has 0 aliphatic carbocycles. The van der Waals surface area contributed by atoms with Gasteiger partial charge >= 0.3 is 6.16 Å². The molecule has 0 amide bonds. The number of aryl methyl sites for hydroxylation is 1. The average molecular weight is 402 g/mol. The molecule has 0 radical (unpaired) electrons. The van der Waals surface area contributed by atoms with Gasteiger partial charge in [-0.05, 0) is 63.9 Å². The van der Waals surface area contributed by atoms with Gasteiger partial charge in [0.15, 0.2) is 5.75 Å². The van der Waals surface area contributed by atoms with Crippen molar-refractivity contribution < 1.29 is 19.0 Å². The number of hydrogen-bond acceptors (Lipinski definition) is 4. The van der Waals surface area contributed by atoms with E-state index in [1.807, 2.05) is 48.5 Å². The van der Waals surface area contributed by atoms with E-state index in [1.165, 1.54) is 0 Å². The Morgan fingerprint density at radius 3 is 2.57 bits per heavy atom. The molecule has 3 rings (SSSR count). The average Bonchev–Trinajstić information content (AvgIpc) is 3.04. The number of aromatic amines is 1.